The molecule has 1 N–H and O–H groups in total. The van der Waals surface area contributed by atoms with Crippen LogP contribution in [0.3, 0.4) is 0 Å². The van der Waals surface area contributed by atoms with Gasteiger partial charge in [-0.1, -0.05) is 35.3 Å². The number of hydrogen-bond donors (Lipinski definition) is 1. The molecule has 0 aliphatic carbocycles. The standard InChI is InChI=1S/C21H21Cl2N3O3/c1-11(2)29-21(28)17-13(4)25-12(3)16(20(27)26-9-8-24-10-26)18(17)14-6-5-7-15(22)19(14)23/h5-11,18,25H,1-4H3. The maximum atomic E-state index is 13.3. The lowest BCUT2D eigenvalue weighted by molar-refractivity contribution is -0.143. The monoisotopic (exact) mass is 433 g/mol. The number of aromatic nitrogens is 2. The van der Waals surface area contributed by atoms with Gasteiger partial charge in [-0.15, -0.1) is 0 Å². The molecule has 1 unspecified atom stereocenters. The maximum Gasteiger partial charge on any atom is 0.337 e. The predicted octanol–water partition coefficient (Wildman–Crippen LogP) is 4.72. The summed E-state index contributed by atoms with van der Waals surface area (Å²) in [6, 6.07) is 5.15. The Hall–Kier alpha value is -2.57. The van der Waals surface area contributed by atoms with Crippen molar-refractivity contribution in [2.24, 2.45) is 0 Å². The minimum Gasteiger partial charge on any atom is -0.460 e. The van der Waals surface area contributed by atoms with Crippen molar-refractivity contribution in [1.29, 1.82) is 0 Å². The largest absolute Gasteiger partial charge is 0.460 e. The van der Waals surface area contributed by atoms with Crippen LogP contribution in [0.5, 0.6) is 0 Å². The normalized spacial score (nSPS) is 16.9. The van der Waals surface area contributed by atoms with Crippen LogP contribution in [-0.4, -0.2) is 27.5 Å². The highest BCUT2D eigenvalue weighted by molar-refractivity contribution is 6.42. The van der Waals surface area contributed by atoms with E-state index in [1.807, 2.05) is 0 Å². The van der Waals surface area contributed by atoms with Gasteiger partial charge in [0, 0.05) is 29.4 Å². The number of rotatable bonds is 4. The molecule has 1 aliphatic heterocycles. The molecule has 0 bridgehead atoms. The van der Waals surface area contributed by atoms with E-state index in [2.05, 4.69) is 10.3 Å². The smallest absolute Gasteiger partial charge is 0.337 e. The lowest BCUT2D eigenvalue weighted by Gasteiger charge is -2.31. The second-order valence-electron chi connectivity index (χ2n) is 7.01. The quantitative estimate of drug-likeness (QED) is 0.706. The zero-order valence-electron chi connectivity index (χ0n) is 16.5. The molecule has 2 aromatic rings. The summed E-state index contributed by atoms with van der Waals surface area (Å²) in [4.78, 5) is 30.3. The zero-order chi connectivity index (χ0) is 21.3. The van der Waals surface area contributed by atoms with Gasteiger partial charge in [0.1, 0.15) is 6.33 Å². The Bertz CT molecular complexity index is 1020. The van der Waals surface area contributed by atoms with Crippen LogP contribution in [0.2, 0.25) is 10.0 Å². The first-order valence-electron chi connectivity index (χ1n) is 9.08. The van der Waals surface area contributed by atoms with Crippen LogP contribution in [-0.2, 0) is 9.53 Å². The average Bonchev–Trinajstić information content (AvgIpc) is 3.17. The Morgan fingerprint density at radius 1 is 1.17 bits per heavy atom. The number of halogens is 2. The summed E-state index contributed by atoms with van der Waals surface area (Å²) in [6.07, 6.45) is 4.16. The molecule has 0 saturated heterocycles. The summed E-state index contributed by atoms with van der Waals surface area (Å²) in [7, 11) is 0. The number of nitrogens with zero attached hydrogens (tertiary/aromatic N) is 2. The minimum absolute atomic E-state index is 0.285. The summed E-state index contributed by atoms with van der Waals surface area (Å²) < 4.78 is 6.83. The summed E-state index contributed by atoms with van der Waals surface area (Å²) in [5, 5.41) is 3.76. The van der Waals surface area contributed by atoms with Crippen molar-refractivity contribution in [3.05, 3.63) is 75.1 Å². The van der Waals surface area contributed by atoms with Gasteiger partial charge in [0.2, 0.25) is 0 Å². The number of hydrogen-bond acceptors (Lipinski definition) is 5. The molecule has 0 radical (unpaired) electrons. The maximum absolute atomic E-state index is 13.3. The van der Waals surface area contributed by atoms with Crippen LogP contribution in [0.25, 0.3) is 0 Å². The van der Waals surface area contributed by atoms with Crippen LogP contribution >= 0.6 is 23.2 Å². The number of dihydropyridines is 1. The van der Waals surface area contributed by atoms with Gasteiger partial charge in [-0.25, -0.2) is 9.78 Å². The lowest BCUT2D eigenvalue weighted by Crippen LogP contribution is -2.34. The zero-order valence-corrected chi connectivity index (χ0v) is 18.0. The number of carbonyl (C=O) groups excluding carboxylic acids is 2. The number of esters is 1. The summed E-state index contributed by atoms with van der Waals surface area (Å²) in [6.45, 7) is 7.09. The van der Waals surface area contributed by atoms with Crippen molar-refractivity contribution in [1.82, 2.24) is 14.9 Å². The second kappa shape index (κ2) is 8.43. The summed E-state index contributed by atoms with van der Waals surface area (Å²) in [5.41, 5.74) is 2.45. The van der Waals surface area contributed by atoms with E-state index in [0.717, 1.165) is 0 Å². The Morgan fingerprint density at radius 2 is 1.86 bits per heavy atom. The number of benzene rings is 1. The molecule has 8 heteroatoms. The van der Waals surface area contributed by atoms with E-state index >= 15 is 0 Å². The minimum atomic E-state index is -0.747. The van der Waals surface area contributed by atoms with Gasteiger partial charge in [0.15, 0.2) is 0 Å². The summed E-state index contributed by atoms with van der Waals surface area (Å²) in [5.74, 6) is -1.59. The molecule has 0 fully saturated rings. The highest BCUT2D eigenvalue weighted by Gasteiger charge is 2.39. The third-order valence-electron chi connectivity index (χ3n) is 4.58. The van der Waals surface area contributed by atoms with Crippen molar-refractivity contribution in [2.75, 3.05) is 0 Å². The molecule has 3 rings (SSSR count). The van der Waals surface area contributed by atoms with E-state index in [0.29, 0.717) is 33.1 Å². The molecule has 6 nitrogen and oxygen atoms in total. The SMILES string of the molecule is CC1=C(C(=O)OC(C)C)C(c2cccc(Cl)c2Cl)C(C(=O)n2ccnc2)=C(C)N1. The molecule has 1 atom stereocenters. The van der Waals surface area contributed by atoms with Gasteiger partial charge >= 0.3 is 5.97 Å². The first-order valence-corrected chi connectivity index (χ1v) is 9.84. The Kier molecular flexibility index (Phi) is 6.15. The molecule has 1 aromatic heterocycles. The van der Waals surface area contributed by atoms with Crippen LogP contribution in [0.15, 0.2) is 59.5 Å². The van der Waals surface area contributed by atoms with E-state index in [4.69, 9.17) is 27.9 Å². The average molecular weight is 434 g/mol. The molecular formula is C21H21Cl2N3O3. The third-order valence-corrected chi connectivity index (χ3v) is 5.42. The van der Waals surface area contributed by atoms with Gasteiger partial charge in [-0.05, 0) is 39.3 Å². The number of ether oxygens (including phenoxy) is 1. The molecule has 1 aliphatic rings. The van der Waals surface area contributed by atoms with Crippen LogP contribution in [0.4, 0.5) is 0 Å². The van der Waals surface area contributed by atoms with Crippen molar-refractivity contribution < 1.29 is 14.3 Å². The molecule has 2 heterocycles. The molecule has 0 spiro atoms. The second-order valence-corrected chi connectivity index (χ2v) is 7.79. The summed E-state index contributed by atoms with van der Waals surface area (Å²) >= 11 is 12.8. The number of imidazole rings is 1. The fourth-order valence-corrected chi connectivity index (χ4v) is 3.82. The predicted molar refractivity (Wildman–Crippen MR) is 112 cm³/mol. The lowest BCUT2D eigenvalue weighted by atomic mass is 9.80. The van der Waals surface area contributed by atoms with Gasteiger partial charge in [0.05, 0.1) is 27.6 Å². The van der Waals surface area contributed by atoms with E-state index in [-0.39, 0.29) is 17.0 Å². The Morgan fingerprint density at radius 3 is 2.48 bits per heavy atom. The molecule has 1 aromatic carbocycles. The Labute approximate surface area is 179 Å². The molecule has 29 heavy (non-hydrogen) atoms. The van der Waals surface area contributed by atoms with Gasteiger partial charge in [-0.2, -0.15) is 0 Å². The number of nitrogens with one attached hydrogen (secondary N) is 1. The molecule has 152 valence electrons. The Balaban J connectivity index is 2.23. The topological polar surface area (TPSA) is 73.2 Å². The first kappa shape index (κ1) is 21.1. The van der Waals surface area contributed by atoms with E-state index in [1.54, 1.807) is 52.1 Å². The number of allylic oxidation sites excluding steroid dienone is 3. The molecule has 0 saturated carbocycles. The van der Waals surface area contributed by atoms with E-state index in [9.17, 15) is 9.59 Å². The van der Waals surface area contributed by atoms with Gasteiger partial charge in [0.25, 0.3) is 5.91 Å². The highest BCUT2D eigenvalue weighted by Crippen LogP contribution is 2.43. The molecular weight excluding hydrogens is 413 g/mol. The number of carbonyl (C=O) groups is 2. The third kappa shape index (κ3) is 4.09. The van der Waals surface area contributed by atoms with E-state index in [1.165, 1.54) is 17.1 Å². The first-order chi connectivity index (χ1) is 13.7. The van der Waals surface area contributed by atoms with E-state index < -0.39 is 11.9 Å². The van der Waals surface area contributed by atoms with Crippen molar-refractivity contribution in [2.45, 2.75) is 39.7 Å². The van der Waals surface area contributed by atoms with Crippen molar-refractivity contribution >= 4 is 35.1 Å². The van der Waals surface area contributed by atoms with Gasteiger partial charge in [-0.3, -0.25) is 9.36 Å². The van der Waals surface area contributed by atoms with Crippen molar-refractivity contribution in [3.8, 4) is 0 Å². The van der Waals surface area contributed by atoms with Crippen LogP contribution in [0, 0.1) is 0 Å². The van der Waals surface area contributed by atoms with Crippen LogP contribution in [0.1, 0.15) is 44.0 Å². The van der Waals surface area contributed by atoms with Crippen LogP contribution < -0.4 is 5.32 Å². The molecule has 0 amide bonds. The fraction of sp³-hybridized carbons (Fsp3) is 0.286. The van der Waals surface area contributed by atoms with Crippen molar-refractivity contribution in [3.63, 3.8) is 0 Å². The van der Waals surface area contributed by atoms with Gasteiger partial charge < -0.3 is 10.1 Å². The highest BCUT2D eigenvalue weighted by atomic mass is 35.5. The fourth-order valence-electron chi connectivity index (χ4n) is 3.40.